The number of amides is 2. The van der Waals surface area contributed by atoms with E-state index < -0.39 is 11.7 Å². The monoisotopic (exact) mass is 316 g/mol. The topological polar surface area (TPSA) is 92.1 Å². The number of carbonyl (C=O) groups is 2. The average molecular weight is 316 g/mol. The van der Waals surface area contributed by atoms with Gasteiger partial charge in [0.15, 0.2) is 0 Å². The molecule has 1 aromatic heterocycles. The second-order valence-corrected chi connectivity index (χ2v) is 5.59. The fourth-order valence-electron chi connectivity index (χ4n) is 2.92. The zero-order valence-corrected chi connectivity index (χ0v) is 12.5. The van der Waals surface area contributed by atoms with Crippen molar-refractivity contribution in [1.29, 1.82) is 0 Å². The number of rotatable bonds is 3. The first kappa shape index (κ1) is 15.2. The van der Waals surface area contributed by atoms with Crippen molar-refractivity contribution in [2.24, 2.45) is 5.73 Å². The highest BCUT2D eigenvalue weighted by Gasteiger charge is 2.30. The molecule has 1 saturated heterocycles. The summed E-state index contributed by atoms with van der Waals surface area (Å²) in [6.07, 6.45) is 2.60. The molecule has 2 aromatic rings. The predicted octanol–water partition coefficient (Wildman–Crippen LogP) is 2.02. The number of primary amides is 1. The van der Waals surface area contributed by atoms with Crippen molar-refractivity contribution in [1.82, 2.24) is 15.1 Å². The second kappa shape index (κ2) is 6.20. The van der Waals surface area contributed by atoms with Crippen LogP contribution in [0.15, 0.2) is 30.3 Å². The summed E-state index contributed by atoms with van der Waals surface area (Å²) in [4.78, 5) is 25.6. The number of aromatic amines is 1. The van der Waals surface area contributed by atoms with Gasteiger partial charge in [-0.15, -0.1) is 0 Å². The number of nitrogens with two attached hydrogens (primary N) is 1. The fraction of sp³-hybridized carbons (Fsp3) is 0.312. The molecule has 0 spiro atoms. The van der Waals surface area contributed by atoms with E-state index in [9.17, 15) is 14.0 Å². The van der Waals surface area contributed by atoms with Gasteiger partial charge in [-0.1, -0.05) is 6.07 Å². The van der Waals surface area contributed by atoms with E-state index in [0.717, 1.165) is 19.3 Å². The standard InChI is InChI=1S/C16H17FN4O2/c17-11-5-3-4-10(8-11)16(23)21-7-2-1-6-14(21)12-9-13(15(18)22)20-19-12/h3-5,8-9,14H,1-2,6-7H2,(H2,18,22)(H,19,20). The minimum absolute atomic E-state index is 0.142. The summed E-state index contributed by atoms with van der Waals surface area (Å²) in [6, 6.07) is 7.00. The molecule has 1 atom stereocenters. The molecule has 2 heterocycles. The van der Waals surface area contributed by atoms with Crippen molar-refractivity contribution in [2.75, 3.05) is 6.54 Å². The summed E-state index contributed by atoms with van der Waals surface area (Å²) in [5.74, 6) is -1.29. The molecule has 1 aromatic carbocycles. The molecule has 0 saturated carbocycles. The number of hydrogen-bond donors (Lipinski definition) is 2. The molecule has 0 radical (unpaired) electrons. The van der Waals surface area contributed by atoms with Gasteiger partial charge in [-0.25, -0.2) is 4.39 Å². The average Bonchev–Trinajstić information content (AvgIpc) is 3.04. The number of aromatic nitrogens is 2. The predicted molar refractivity (Wildman–Crippen MR) is 81.1 cm³/mol. The van der Waals surface area contributed by atoms with E-state index in [1.165, 1.54) is 18.2 Å². The minimum Gasteiger partial charge on any atom is -0.364 e. The van der Waals surface area contributed by atoms with E-state index in [4.69, 9.17) is 5.73 Å². The van der Waals surface area contributed by atoms with Crippen molar-refractivity contribution in [3.05, 3.63) is 53.1 Å². The Labute approximate surface area is 132 Å². The largest absolute Gasteiger partial charge is 0.364 e. The zero-order chi connectivity index (χ0) is 16.4. The summed E-state index contributed by atoms with van der Waals surface area (Å²) in [5.41, 5.74) is 6.34. The molecular weight excluding hydrogens is 299 g/mol. The van der Waals surface area contributed by atoms with Crippen LogP contribution in [-0.4, -0.2) is 33.5 Å². The lowest BCUT2D eigenvalue weighted by molar-refractivity contribution is 0.0605. The molecule has 3 N–H and O–H groups in total. The van der Waals surface area contributed by atoms with Crippen molar-refractivity contribution in [3.8, 4) is 0 Å². The van der Waals surface area contributed by atoms with Gasteiger partial charge in [0.05, 0.1) is 11.7 Å². The molecule has 1 fully saturated rings. The Balaban J connectivity index is 1.88. The van der Waals surface area contributed by atoms with E-state index in [1.807, 2.05) is 0 Å². The first-order valence-electron chi connectivity index (χ1n) is 7.48. The Morgan fingerprint density at radius 1 is 1.30 bits per heavy atom. The van der Waals surface area contributed by atoms with Crippen LogP contribution in [0.5, 0.6) is 0 Å². The van der Waals surface area contributed by atoms with Gasteiger partial charge in [0, 0.05) is 12.1 Å². The van der Waals surface area contributed by atoms with Gasteiger partial charge in [-0.3, -0.25) is 14.7 Å². The summed E-state index contributed by atoms with van der Waals surface area (Å²) >= 11 is 0. The number of benzene rings is 1. The third kappa shape index (κ3) is 3.08. The summed E-state index contributed by atoms with van der Waals surface area (Å²) in [6.45, 7) is 0.574. The number of piperidine rings is 1. The second-order valence-electron chi connectivity index (χ2n) is 5.59. The smallest absolute Gasteiger partial charge is 0.269 e. The van der Waals surface area contributed by atoms with Crippen LogP contribution in [0, 0.1) is 5.82 Å². The number of likely N-dealkylation sites (tertiary alicyclic amines) is 1. The lowest BCUT2D eigenvalue weighted by Crippen LogP contribution is -2.38. The van der Waals surface area contributed by atoms with Crippen LogP contribution in [0.4, 0.5) is 4.39 Å². The third-order valence-corrected chi connectivity index (χ3v) is 4.04. The van der Waals surface area contributed by atoms with Crippen LogP contribution in [0.1, 0.15) is 51.8 Å². The number of halogens is 1. The summed E-state index contributed by atoms with van der Waals surface area (Å²) in [7, 11) is 0. The Morgan fingerprint density at radius 2 is 2.13 bits per heavy atom. The molecule has 3 rings (SSSR count). The van der Waals surface area contributed by atoms with Gasteiger partial charge in [0.25, 0.3) is 11.8 Å². The van der Waals surface area contributed by atoms with Crippen molar-refractivity contribution < 1.29 is 14.0 Å². The first-order chi connectivity index (χ1) is 11.1. The van der Waals surface area contributed by atoms with E-state index in [1.54, 1.807) is 17.0 Å². The Hall–Kier alpha value is -2.70. The maximum absolute atomic E-state index is 13.4. The molecule has 0 aliphatic carbocycles. The number of H-pyrrole nitrogens is 1. The van der Waals surface area contributed by atoms with Gasteiger partial charge >= 0.3 is 0 Å². The number of carbonyl (C=O) groups excluding carboxylic acids is 2. The molecule has 1 aliphatic heterocycles. The molecule has 1 aliphatic rings. The fourth-order valence-corrected chi connectivity index (χ4v) is 2.92. The quantitative estimate of drug-likeness (QED) is 0.907. The highest BCUT2D eigenvalue weighted by molar-refractivity contribution is 5.94. The van der Waals surface area contributed by atoms with Crippen LogP contribution in [0.2, 0.25) is 0 Å². The number of nitrogens with zero attached hydrogens (tertiary/aromatic N) is 2. The Kier molecular flexibility index (Phi) is 4.10. The zero-order valence-electron chi connectivity index (χ0n) is 12.5. The van der Waals surface area contributed by atoms with Gasteiger partial charge in [-0.2, -0.15) is 5.10 Å². The van der Waals surface area contributed by atoms with E-state index >= 15 is 0 Å². The maximum Gasteiger partial charge on any atom is 0.269 e. The van der Waals surface area contributed by atoms with E-state index in [-0.39, 0.29) is 17.6 Å². The third-order valence-electron chi connectivity index (χ3n) is 4.04. The van der Waals surface area contributed by atoms with Crippen molar-refractivity contribution >= 4 is 11.8 Å². The highest BCUT2D eigenvalue weighted by Crippen LogP contribution is 2.31. The van der Waals surface area contributed by atoms with Gasteiger partial charge in [-0.05, 0) is 43.5 Å². The normalized spacial score (nSPS) is 18.0. The molecule has 23 heavy (non-hydrogen) atoms. The van der Waals surface area contributed by atoms with Crippen LogP contribution in [0.25, 0.3) is 0 Å². The lowest BCUT2D eigenvalue weighted by atomic mass is 9.98. The van der Waals surface area contributed by atoms with Gasteiger partial charge in [0.1, 0.15) is 11.5 Å². The minimum atomic E-state index is -0.619. The lowest BCUT2D eigenvalue weighted by Gasteiger charge is -2.35. The molecule has 7 heteroatoms. The molecule has 0 bridgehead atoms. The first-order valence-corrected chi connectivity index (χ1v) is 7.48. The SMILES string of the molecule is NC(=O)c1cc(C2CCCCN2C(=O)c2cccc(F)c2)[nH]n1. The highest BCUT2D eigenvalue weighted by atomic mass is 19.1. The number of hydrogen-bond acceptors (Lipinski definition) is 3. The molecule has 2 amide bonds. The van der Waals surface area contributed by atoms with Crippen molar-refractivity contribution in [2.45, 2.75) is 25.3 Å². The number of nitrogens with one attached hydrogen (secondary N) is 1. The molecule has 6 nitrogen and oxygen atoms in total. The summed E-state index contributed by atoms with van der Waals surface area (Å²) in [5, 5.41) is 6.66. The molecule has 1 unspecified atom stereocenters. The van der Waals surface area contributed by atoms with Gasteiger partial charge in [0.2, 0.25) is 0 Å². The van der Waals surface area contributed by atoms with E-state index in [0.29, 0.717) is 17.8 Å². The molecule has 120 valence electrons. The Bertz CT molecular complexity index is 743. The summed E-state index contributed by atoms with van der Waals surface area (Å²) < 4.78 is 13.4. The maximum atomic E-state index is 13.4. The molecular formula is C16H17FN4O2. The Morgan fingerprint density at radius 3 is 2.83 bits per heavy atom. The van der Waals surface area contributed by atoms with Crippen LogP contribution < -0.4 is 5.73 Å². The van der Waals surface area contributed by atoms with Crippen LogP contribution in [0.3, 0.4) is 0 Å². The van der Waals surface area contributed by atoms with Crippen molar-refractivity contribution in [3.63, 3.8) is 0 Å². The van der Waals surface area contributed by atoms with Gasteiger partial charge < -0.3 is 10.6 Å². The van der Waals surface area contributed by atoms with Crippen LogP contribution >= 0.6 is 0 Å². The van der Waals surface area contributed by atoms with E-state index in [2.05, 4.69) is 10.2 Å². The van der Waals surface area contributed by atoms with Crippen LogP contribution in [-0.2, 0) is 0 Å².